The molecule has 0 bridgehead atoms. The van der Waals surface area contributed by atoms with Gasteiger partial charge in [0.2, 0.25) is 5.91 Å². The summed E-state index contributed by atoms with van der Waals surface area (Å²) < 4.78 is 14.1. The normalized spacial score (nSPS) is 17.7. The summed E-state index contributed by atoms with van der Waals surface area (Å²) in [4.78, 5) is 26.4. The molecule has 3 rings (SSSR count). The van der Waals surface area contributed by atoms with Crippen molar-refractivity contribution in [3.05, 3.63) is 70.5 Å². The SMILES string of the molecule is O=C1NCCN(C(=O)c2ccc(Cl)cc2)C1c1ccccc1F. The molecule has 1 N–H and O–H groups in total. The Balaban J connectivity index is 1.98. The van der Waals surface area contributed by atoms with E-state index < -0.39 is 11.9 Å². The predicted molar refractivity (Wildman–Crippen MR) is 84.6 cm³/mol. The second-order valence-corrected chi connectivity index (χ2v) is 5.66. The minimum Gasteiger partial charge on any atom is -0.352 e. The number of hydrogen-bond donors (Lipinski definition) is 1. The first-order chi connectivity index (χ1) is 11.1. The lowest BCUT2D eigenvalue weighted by molar-refractivity contribution is -0.128. The number of amides is 2. The molecule has 0 spiro atoms. The van der Waals surface area contributed by atoms with Crippen LogP contribution in [-0.2, 0) is 4.79 Å². The highest BCUT2D eigenvalue weighted by atomic mass is 35.5. The lowest BCUT2D eigenvalue weighted by Crippen LogP contribution is -2.52. The van der Waals surface area contributed by atoms with Gasteiger partial charge < -0.3 is 10.2 Å². The Morgan fingerprint density at radius 3 is 2.57 bits per heavy atom. The van der Waals surface area contributed by atoms with Gasteiger partial charge in [0, 0.05) is 29.2 Å². The molecule has 0 saturated carbocycles. The smallest absolute Gasteiger partial charge is 0.254 e. The van der Waals surface area contributed by atoms with Gasteiger partial charge in [-0.2, -0.15) is 0 Å². The summed E-state index contributed by atoms with van der Waals surface area (Å²) in [5.74, 6) is -1.23. The molecule has 0 aliphatic carbocycles. The Kier molecular flexibility index (Phi) is 4.30. The fourth-order valence-electron chi connectivity index (χ4n) is 2.65. The van der Waals surface area contributed by atoms with E-state index in [9.17, 15) is 14.0 Å². The molecule has 1 unspecified atom stereocenters. The van der Waals surface area contributed by atoms with E-state index in [0.29, 0.717) is 23.7 Å². The van der Waals surface area contributed by atoms with E-state index in [-0.39, 0.29) is 17.4 Å². The minimum atomic E-state index is -0.979. The molecule has 1 heterocycles. The van der Waals surface area contributed by atoms with Crippen molar-refractivity contribution in [2.24, 2.45) is 0 Å². The minimum absolute atomic E-state index is 0.187. The van der Waals surface area contributed by atoms with Crippen molar-refractivity contribution in [3.8, 4) is 0 Å². The number of piperazine rings is 1. The Bertz CT molecular complexity index is 749. The van der Waals surface area contributed by atoms with Crippen LogP contribution in [0, 0.1) is 5.82 Å². The van der Waals surface area contributed by atoms with Crippen molar-refractivity contribution >= 4 is 23.4 Å². The van der Waals surface area contributed by atoms with E-state index in [0.717, 1.165) is 0 Å². The third kappa shape index (κ3) is 3.05. The number of rotatable bonds is 2. The molecule has 2 aromatic rings. The molecular weight excluding hydrogens is 319 g/mol. The third-order valence-electron chi connectivity index (χ3n) is 3.76. The number of benzene rings is 2. The number of carbonyl (C=O) groups excluding carboxylic acids is 2. The molecule has 4 nitrogen and oxygen atoms in total. The molecule has 1 aliphatic rings. The molecular formula is C17H14ClFN2O2. The molecule has 2 amide bonds. The van der Waals surface area contributed by atoms with Gasteiger partial charge in [0.25, 0.3) is 5.91 Å². The standard InChI is InChI=1S/C17H14ClFN2O2/c18-12-7-5-11(6-8-12)17(23)21-10-9-20-16(22)15(21)13-3-1-2-4-14(13)19/h1-8,15H,9-10H2,(H,20,22). The van der Waals surface area contributed by atoms with Gasteiger partial charge in [-0.1, -0.05) is 29.8 Å². The van der Waals surface area contributed by atoms with Crippen molar-refractivity contribution in [3.63, 3.8) is 0 Å². The first-order valence-electron chi connectivity index (χ1n) is 7.16. The van der Waals surface area contributed by atoms with Crippen LogP contribution in [0.4, 0.5) is 4.39 Å². The average Bonchev–Trinajstić information content (AvgIpc) is 2.56. The van der Waals surface area contributed by atoms with Crippen molar-refractivity contribution in [1.82, 2.24) is 10.2 Å². The fraction of sp³-hybridized carbons (Fsp3) is 0.176. The number of halogens is 2. The molecule has 6 heteroatoms. The van der Waals surface area contributed by atoms with Gasteiger partial charge in [0.05, 0.1) is 0 Å². The summed E-state index contributed by atoms with van der Waals surface area (Å²) in [7, 11) is 0. The van der Waals surface area contributed by atoms with Gasteiger partial charge >= 0.3 is 0 Å². The van der Waals surface area contributed by atoms with Crippen LogP contribution < -0.4 is 5.32 Å². The second-order valence-electron chi connectivity index (χ2n) is 5.22. The zero-order valence-electron chi connectivity index (χ0n) is 12.1. The largest absolute Gasteiger partial charge is 0.352 e. The van der Waals surface area contributed by atoms with Crippen LogP contribution in [0.15, 0.2) is 48.5 Å². The van der Waals surface area contributed by atoms with Crippen LogP contribution in [0.25, 0.3) is 0 Å². The average molecular weight is 333 g/mol. The highest BCUT2D eigenvalue weighted by Gasteiger charge is 2.36. The molecule has 2 aromatic carbocycles. The Morgan fingerprint density at radius 2 is 1.87 bits per heavy atom. The van der Waals surface area contributed by atoms with Crippen molar-refractivity contribution in [2.75, 3.05) is 13.1 Å². The maximum atomic E-state index is 14.1. The van der Waals surface area contributed by atoms with Crippen LogP contribution in [0.3, 0.4) is 0 Å². The lowest BCUT2D eigenvalue weighted by Gasteiger charge is -2.35. The van der Waals surface area contributed by atoms with E-state index in [1.807, 2.05) is 0 Å². The molecule has 1 aliphatic heterocycles. The summed E-state index contributed by atoms with van der Waals surface area (Å²) in [5, 5.41) is 3.20. The summed E-state index contributed by atoms with van der Waals surface area (Å²) in [6.07, 6.45) is 0. The first kappa shape index (κ1) is 15.5. The molecule has 23 heavy (non-hydrogen) atoms. The zero-order valence-corrected chi connectivity index (χ0v) is 12.9. The Hall–Kier alpha value is -2.40. The summed E-state index contributed by atoms with van der Waals surface area (Å²) in [6.45, 7) is 0.648. The number of nitrogens with one attached hydrogen (secondary N) is 1. The van der Waals surface area contributed by atoms with Crippen LogP contribution in [0.1, 0.15) is 22.0 Å². The molecule has 118 valence electrons. The molecule has 1 atom stereocenters. The van der Waals surface area contributed by atoms with Crippen LogP contribution in [0.2, 0.25) is 5.02 Å². The zero-order chi connectivity index (χ0) is 16.4. The van der Waals surface area contributed by atoms with Crippen LogP contribution >= 0.6 is 11.6 Å². The van der Waals surface area contributed by atoms with E-state index in [1.54, 1.807) is 36.4 Å². The summed E-state index contributed by atoms with van der Waals surface area (Å²) in [6, 6.07) is 11.4. The van der Waals surface area contributed by atoms with Gasteiger partial charge in [-0.15, -0.1) is 0 Å². The number of carbonyl (C=O) groups is 2. The van der Waals surface area contributed by atoms with Gasteiger partial charge in [-0.05, 0) is 30.3 Å². The molecule has 0 radical (unpaired) electrons. The van der Waals surface area contributed by atoms with Crippen molar-refractivity contribution in [2.45, 2.75) is 6.04 Å². The third-order valence-corrected chi connectivity index (χ3v) is 4.02. The molecule has 1 fully saturated rings. The number of hydrogen-bond acceptors (Lipinski definition) is 2. The van der Waals surface area contributed by atoms with E-state index >= 15 is 0 Å². The Labute approximate surface area is 137 Å². The summed E-state index contributed by atoms with van der Waals surface area (Å²) in [5.41, 5.74) is 0.595. The highest BCUT2D eigenvalue weighted by molar-refractivity contribution is 6.30. The van der Waals surface area contributed by atoms with Gasteiger partial charge in [0.1, 0.15) is 11.9 Å². The maximum Gasteiger partial charge on any atom is 0.254 e. The van der Waals surface area contributed by atoms with Gasteiger partial charge in [0.15, 0.2) is 0 Å². The topological polar surface area (TPSA) is 49.4 Å². The predicted octanol–water partition coefficient (Wildman–Crippen LogP) is 2.79. The highest BCUT2D eigenvalue weighted by Crippen LogP contribution is 2.27. The van der Waals surface area contributed by atoms with E-state index in [2.05, 4.69) is 5.32 Å². The van der Waals surface area contributed by atoms with Gasteiger partial charge in [-0.3, -0.25) is 9.59 Å². The first-order valence-corrected chi connectivity index (χ1v) is 7.54. The maximum absolute atomic E-state index is 14.1. The van der Waals surface area contributed by atoms with Gasteiger partial charge in [-0.25, -0.2) is 4.39 Å². The lowest BCUT2D eigenvalue weighted by atomic mass is 10.0. The van der Waals surface area contributed by atoms with E-state index in [4.69, 9.17) is 11.6 Å². The molecule has 1 saturated heterocycles. The van der Waals surface area contributed by atoms with Crippen molar-refractivity contribution in [1.29, 1.82) is 0 Å². The molecule has 0 aromatic heterocycles. The Morgan fingerprint density at radius 1 is 1.17 bits per heavy atom. The second kappa shape index (κ2) is 6.38. The van der Waals surface area contributed by atoms with Crippen molar-refractivity contribution < 1.29 is 14.0 Å². The van der Waals surface area contributed by atoms with E-state index in [1.165, 1.54) is 17.0 Å². The van der Waals surface area contributed by atoms with Crippen LogP contribution in [0.5, 0.6) is 0 Å². The van der Waals surface area contributed by atoms with Crippen LogP contribution in [-0.4, -0.2) is 29.8 Å². The number of nitrogens with zero attached hydrogens (tertiary/aromatic N) is 1. The monoisotopic (exact) mass is 332 g/mol. The quantitative estimate of drug-likeness (QED) is 0.919. The summed E-state index contributed by atoms with van der Waals surface area (Å²) >= 11 is 5.83. The fourth-order valence-corrected chi connectivity index (χ4v) is 2.78.